The van der Waals surface area contributed by atoms with Gasteiger partial charge in [-0.15, -0.1) is 0 Å². The van der Waals surface area contributed by atoms with E-state index in [-0.39, 0.29) is 16.9 Å². The first-order chi connectivity index (χ1) is 5.52. The van der Waals surface area contributed by atoms with Crippen LogP contribution in [0.1, 0.15) is 10.4 Å². The van der Waals surface area contributed by atoms with Crippen LogP contribution >= 0.6 is 0 Å². The highest BCUT2D eigenvalue weighted by Gasteiger charge is 2.10. The summed E-state index contributed by atoms with van der Waals surface area (Å²) in [6.07, 6.45) is 0. The Morgan fingerprint density at radius 2 is 1.92 bits per heavy atom. The van der Waals surface area contributed by atoms with Crippen LogP contribution in [0.4, 0.5) is 15.8 Å². The highest BCUT2D eigenvalue weighted by atomic mass is 19.1. The summed E-state index contributed by atoms with van der Waals surface area (Å²) >= 11 is 0. The predicted octanol–water partition coefficient (Wildman–Crippen LogP) is 0.688. The number of halogens is 1. The van der Waals surface area contributed by atoms with Crippen molar-refractivity contribution in [3.8, 4) is 0 Å². The average Bonchev–Trinajstić information content (AvgIpc) is 1.96. The first-order valence-corrected chi connectivity index (χ1v) is 3.10. The van der Waals surface area contributed by atoms with Gasteiger partial charge in [0.1, 0.15) is 5.82 Å². The van der Waals surface area contributed by atoms with E-state index in [0.29, 0.717) is 0 Å². The standard InChI is InChI=1S/C7H7FN2O2/c8-4-1-3(7(11)12)5(9)2-6(4)10/h1-2H,9-10H2,(H,11,12). The van der Waals surface area contributed by atoms with Crippen molar-refractivity contribution in [1.29, 1.82) is 0 Å². The largest absolute Gasteiger partial charge is 0.478 e. The highest BCUT2D eigenvalue weighted by molar-refractivity contribution is 5.94. The van der Waals surface area contributed by atoms with Crippen LogP contribution < -0.4 is 11.5 Å². The summed E-state index contributed by atoms with van der Waals surface area (Å²) in [5.74, 6) is -2.05. The Kier molecular flexibility index (Phi) is 1.86. The van der Waals surface area contributed by atoms with Gasteiger partial charge in [0.2, 0.25) is 0 Å². The second-order valence-electron chi connectivity index (χ2n) is 2.27. The fraction of sp³-hybridized carbons (Fsp3) is 0. The molecule has 1 aromatic rings. The number of aromatic carboxylic acids is 1. The fourth-order valence-corrected chi connectivity index (χ4v) is 0.793. The number of benzene rings is 1. The van der Waals surface area contributed by atoms with Crippen molar-refractivity contribution in [3.05, 3.63) is 23.5 Å². The molecule has 5 heteroatoms. The minimum absolute atomic E-state index is 0.0404. The van der Waals surface area contributed by atoms with Gasteiger partial charge in [-0.2, -0.15) is 0 Å². The Balaban J connectivity index is 3.33. The quantitative estimate of drug-likeness (QED) is 0.541. The van der Waals surface area contributed by atoms with E-state index in [0.717, 1.165) is 12.1 Å². The molecule has 5 N–H and O–H groups in total. The zero-order valence-electron chi connectivity index (χ0n) is 6.04. The van der Waals surface area contributed by atoms with Crippen molar-refractivity contribution >= 4 is 17.3 Å². The zero-order valence-corrected chi connectivity index (χ0v) is 6.04. The summed E-state index contributed by atoms with van der Waals surface area (Å²) in [6, 6.07) is 1.88. The maximum Gasteiger partial charge on any atom is 0.337 e. The zero-order chi connectivity index (χ0) is 9.30. The third kappa shape index (κ3) is 1.29. The Hall–Kier alpha value is -1.78. The molecule has 64 valence electrons. The summed E-state index contributed by atoms with van der Waals surface area (Å²) in [5, 5.41) is 8.49. The number of hydrogen-bond acceptors (Lipinski definition) is 3. The molecule has 0 radical (unpaired) electrons. The topological polar surface area (TPSA) is 89.3 Å². The lowest BCUT2D eigenvalue weighted by Gasteiger charge is -2.02. The molecular formula is C7H7FN2O2. The van der Waals surface area contributed by atoms with Crippen LogP contribution in [0.2, 0.25) is 0 Å². The van der Waals surface area contributed by atoms with Crippen molar-refractivity contribution in [1.82, 2.24) is 0 Å². The molecule has 0 saturated heterocycles. The number of rotatable bonds is 1. The van der Waals surface area contributed by atoms with Gasteiger partial charge in [-0.25, -0.2) is 9.18 Å². The lowest BCUT2D eigenvalue weighted by atomic mass is 10.1. The van der Waals surface area contributed by atoms with E-state index in [1.54, 1.807) is 0 Å². The smallest absolute Gasteiger partial charge is 0.337 e. The SMILES string of the molecule is Nc1cc(N)c(C(=O)O)cc1F. The predicted molar refractivity (Wildman–Crippen MR) is 42.2 cm³/mol. The highest BCUT2D eigenvalue weighted by Crippen LogP contribution is 2.19. The fourth-order valence-electron chi connectivity index (χ4n) is 0.793. The van der Waals surface area contributed by atoms with Crippen LogP contribution in [0.5, 0.6) is 0 Å². The minimum atomic E-state index is -1.27. The van der Waals surface area contributed by atoms with E-state index in [2.05, 4.69) is 0 Å². The molecule has 0 fully saturated rings. The van der Waals surface area contributed by atoms with E-state index in [4.69, 9.17) is 16.6 Å². The monoisotopic (exact) mass is 170 g/mol. The van der Waals surface area contributed by atoms with Crippen LogP contribution in [0.25, 0.3) is 0 Å². The lowest BCUT2D eigenvalue weighted by molar-refractivity contribution is 0.0697. The van der Waals surface area contributed by atoms with E-state index in [9.17, 15) is 9.18 Å². The Morgan fingerprint density at radius 1 is 1.33 bits per heavy atom. The lowest BCUT2D eigenvalue weighted by Crippen LogP contribution is -2.04. The van der Waals surface area contributed by atoms with Crippen molar-refractivity contribution in [2.75, 3.05) is 11.5 Å². The van der Waals surface area contributed by atoms with E-state index in [1.165, 1.54) is 0 Å². The first-order valence-electron chi connectivity index (χ1n) is 3.10. The molecule has 0 aromatic heterocycles. The molecule has 0 unspecified atom stereocenters. The number of carboxylic acids is 1. The van der Waals surface area contributed by atoms with Gasteiger partial charge in [0.05, 0.1) is 11.3 Å². The van der Waals surface area contributed by atoms with E-state index in [1.807, 2.05) is 0 Å². The Morgan fingerprint density at radius 3 is 2.42 bits per heavy atom. The summed E-state index contributed by atoms with van der Waals surface area (Å²) in [5.41, 5.74) is 9.93. The Bertz CT molecular complexity index is 338. The number of carbonyl (C=O) groups is 1. The molecule has 0 saturated carbocycles. The van der Waals surface area contributed by atoms with Crippen LogP contribution in [0.3, 0.4) is 0 Å². The van der Waals surface area contributed by atoms with Gasteiger partial charge in [-0.1, -0.05) is 0 Å². The van der Waals surface area contributed by atoms with Gasteiger partial charge in [-0.05, 0) is 12.1 Å². The number of anilines is 2. The van der Waals surface area contributed by atoms with Crippen molar-refractivity contribution in [2.45, 2.75) is 0 Å². The molecular weight excluding hydrogens is 163 g/mol. The van der Waals surface area contributed by atoms with Crippen molar-refractivity contribution < 1.29 is 14.3 Å². The molecule has 0 aliphatic carbocycles. The molecule has 0 spiro atoms. The Labute approximate surface area is 67.6 Å². The number of nitrogen functional groups attached to an aromatic ring is 2. The van der Waals surface area contributed by atoms with Crippen LogP contribution in [-0.2, 0) is 0 Å². The maximum atomic E-state index is 12.7. The van der Waals surface area contributed by atoms with Gasteiger partial charge in [-0.3, -0.25) is 0 Å². The normalized spacial score (nSPS) is 9.75. The average molecular weight is 170 g/mol. The number of carboxylic acid groups (broad SMARTS) is 1. The van der Waals surface area contributed by atoms with Crippen LogP contribution in [-0.4, -0.2) is 11.1 Å². The van der Waals surface area contributed by atoms with Gasteiger partial charge in [0.25, 0.3) is 0 Å². The number of nitrogens with two attached hydrogens (primary N) is 2. The molecule has 1 rings (SSSR count). The molecule has 0 bridgehead atoms. The molecule has 12 heavy (non-hydrogen) atoms. The second-order valence-corrected chi connectivity index (χ2v) is 2.27. The molecule has 0 atom stereocenters. The molecule has 1 aromatic carbocycles. The third-order valence-electron chi connectivity index (χ3n) is 1.40. The maximum absolute atomic E-state index is 12.7. The summed E-state index contributed by atoms with van der Waals surface area (Å²) < 4.78 is 12.7. The molecule has 4 nitrogen and oxygen atoms in total. The minimum Gasteiger partial charge on any atom is -0.478 e. The van der Waals surface area contributed by atoms with Crippen LogP contribution in [0, 0.1) is 5.82 Å². The van der Waals surface area contributed by atoms with Crippen molar-refractivity contribution in [2.24, 2.45) is 0 Å². The molecule has 0 heterocycles. The van der Waals surface area contributed by atoms with Crippen LogP contribution in [0.15, 0.2) is 12.1 Å². The molecule has 0 aliphatic heterocycles. The third-order valence-corrected chi connectivity index (χ3v) is 1.40. The van der Waals surface area contributed by atoms with Gasteiger partial charge < -0.3 is 16.6 Å². The molecule has 0 amide bonds. The molecule has 0 aliphatic rings. The van der Waals surface area contributed by atoms with E-state index >= 15 is 0 Å². The first kappa shape index (κ1) is 8.32. The van der Waals surface area contributed by atoms with E-state index < -0.39 is 11.8 Å². The summed E-state index contributed by atoms with van der Waals surface area (Å²) in [7, 11) is 0. The van der Waals surface area contributed by atoms with Gasteiger partial charge >= 0.3 is 5.97 Å². The number of hydrogen-bond donors (Lipinski definition) is 3. The van der Waals surface area contributed by atoms with Gasteiger partial charge in [0.15, 0.2) is 0 Å². The summed E-state index contributed by atoms with van der Waals surface area (Å²) in [6.45, 7) is 0. The van der Waals surface area contributed by atoms with Gasteiger partial charge in [0, 0.05) is 5.69 Å². The summed E-state index contributed by atoms with van der Waals surface area (Å²) in [4.78, 5) is 10.4. The second kappa shape index (κ2) is 2.69. The van der Waals surface area contributed by atoms with Crippen molar-refractivity contribution in [3.63, 3.8) is 0 Å².